The Balaban J connectivity index is 2.19. The summed E-state index contributed by atoms with van der Waals surface area (Å²) >= 11 is 0. The molecule has 0 radical (unpaired) electrons. The van der Waals surface area contributed by atoms with E-state index in [2.05, 4.69) is 0 Å². The van der Waals surface area contributed by atoms with Gasteiger partial charge in [0.25, 0.3) is 0 Å². The predicted molar refractivity (Wildman–Crippen MR) is 61.4 cm³/mol. The second-order valence-corrected chi connectivity index (χ2v) is 4.58. The van der Waals surface area contributed by atoms with E-state index in [1.807, 2.05) is 0 Å². The molecule has 2 saturated heterocycles. The topological polar surface area (TPSA) is 114 Å². The average molecular weight is 302 g/mol. The zero-order valence-electron chi connectivity index (χ0n) is 11.6. The lowest BCUT2D eigenvalue weighted by Gasteiger charge is -2.20. The number of carbonyl (C=O) groups is 4. The molecule has 9 heteroatoms. The molecule has 9 nitrogen and oxygen atoms in total. The van der Waals surface area contributed by atoms with Crippen molar-refractivity contribution in [2.45, 2.75) is 51.5 Å². The third-order valence-electron chi connectivity index (χ3n) is 2.87. The number of hydrogen-bond acceptors (Lipinski definition) is 9. The van der Waals surface area contributed by atoms with Gasteiger partial charge in [0.05, 0.1) is 0 Å². The molecule has 0 spiro atoms. The van der Waals surface area contributed by atoms with E-state index >= 15 is 0 Å². The van der Waals surface area contributed by atoms with Crippen LogP contribution in [0.5, 0.6) is 0 Å². The van der Waals surface area contributed by atoms with E-state index in [9.17, 15) is 19.2 Å². The Bertz CT molecular complexity index is 485. The second-order valence-electron chi connectivity index (χ2n) is 4.58. The molecule has 0 aromatic rings. The smallest absolute Gasteiger partial charge is 0.350 e. The van der Waals surface area contributed by atoms with Gasteiger partial charge in [0.1, 0.15) is 0 Å². The van der Waals surface area contributed by atoms with E-state index in [-0.39, 0.29) is 0 Å². The second kappa shape index (κ2) is 5.68. The van der Waals surface area contributed by atoms with Crippen LogP contribution in [0.3, 0.4) is 0 Å². The minimum Gasteiger partial charge on any atom is -0.452 e. The molecule has 0 aliphatic carbocycles. The van der Waals surface area contributed by atoms with Crippen LogP contribution >= 0.6 is 0 Å². The molecule has 0 unspecified atom stereocenters. The van der Waals surface area contributed by atoms with Crippen LogP contribution in [0.2, 0.25) is 0 Å². The monoisotopic (exact) mass is 302 g/mol. The van der Waals surface area contributed by atoms with Crippen LogP contribution in [-0.2, 0) is 42.9 Å². The summed E-state index contributed by atoms with van der Waals surface area (Å²) in [5, 5.41) is 0. The SMILES string of the molecule is CC(=O)O[C@@H]1O[C@H]2[C@@H](OC(=O)[C@H]2OC(C)=O)[C@H]1OC(C)=O. The molecule has 0 aromatic carbocycles. The number of ether oxygens (including phenoxy) is 5. The largest absolute Gasteiger partial charge is 0.452 e. The highest BCUT2D eigenvalue weighted by Crippen LogP contribution is 2.35. The third kappa shape index (κ3) is 3.13. The maximum absolute atomic E-state index is 11.7. The van der Waals surface area contributed by atoms with Gasteiger partial charge in [-0.3, -0.25) is 14.4 Å². The molecule has 0 bridgehead atoms. The number of fused-ring (bicyclic) bond motifs is 1. The van der Waals surface area contributed by atoms with Gasteiger partial charge >= 0.3 is 23.9 Å². The van der Waals surface area contributed by atoms with Gasteiger partial charge in [-0.05, 0) is 0 Å². The zero-order valence-corrected chi connectivity index (χ0v) is 11.6. The Hall–Kier alpha value is -2.16. The zero-order chi connectivity index (χ0) is 15.7. The van der Waals surface area contributed by atoms with Crippen molar-refractivity contribution in [3.63, 3.8) is 0 Å². The highest BCUT2D eigenvalue weighted by molar-refractivity contribution is 5.82. The van der Waals surface area contributed by atoms with Gasteiger partial charge in [0.15, 0.2) is 12.2 Å². The molecule has 0 aromatic heterocycles. The first-order valence-electron chi connectivity index (χ1n) is 6.17. The Morgan fingerprint density at radius 3 is 2.00 bits per heavy atom. The number of esters is 4. The Labute approximate surface area is 119 Å². The lowest BCUT2D eigenvalue weighted by molar-refractivity contribution is -0.205. The van der Waals surface area contributed by atoms with Crippen molar-refractivity contribution in [1.29, 1.82) is 0 Å². The van der Waals surface area contributed by atoms with E-state index in [1.165, 1.54) is 0 Å². The standard InChI is InChI=1S/C12H14O9/c1-4(13)17-9-7-8(20-11(9)16)10(18-5(2)14)12(21-7)19-6(3)15/h7-10,12H,1-3H3/t7-,8+,9-,10+,12+/m0/s1. The first-order chi connectivity index (χ1) is 9.79. The Morgan fingerprint density at radius 1 is 0.905 bits per heavy atom. The summed E-state index contributed by atoms with van der Waals surface area (Å²) in [6, 6.07) is 0. The molecule has 2 heterocycles. The van der Waals surface area contributed by atoms with E-state index in [0.29, 0.717) is 0 Å². The Morgan fingerprint density at radius 2 is 1.48 bits per heavy atom. The molecule has 0 amide bonds. The maximum atomic E-state index is 11.7. The van der Waals surface area contributed by atoms with Gasteiger partial charge in [-0.15, -0.1) is 0 Å². The molecule has 2 aliphatic heterocycles. The molecule has 116 valence electrons. The maximum Gasteiger partial charge on any atom is 0.350 e. The molecule has 2 fully saturated rings. The van der Waals surface area contributed by atoms with E-state index < -0.39 is 54.6 Å². The van der Waals surface area contributed by atoms with Crippen LogP contribution in [0.4, 0.5) is 0 Å². The summed E-state index contributed by atoms with van der Waals surface area (Å²) in [6.45, 7) is 3.43. The van der Waals surface area contributed by atoms with Crippen molar-refractivity contribution in [3.05, 3.63) is 0 Å². The first-order valence-corrected chi connectivity index (χ1v) is 6.17. The molecular weight excluding hydrogens is 288 g/mol. The quantitative estimate of drug-likeness (QED) is 0.481. The van der Waals surface area contributed by atoms with Gasteiger partial charge < -0.3 is 23.7 Å². The third-order valence-corrected chi connectivity index (χ3v) is 2.87. The van der Waals surface area contributed by atoms with Crippen LogP contribution in [-0.4, -0.2) is 54.6 Å². The molecule has 5 atom stereocenters. The fourth-order valence-electron chi connectivity index (χ4n) is 2.23. The molecule has 2 rings (SSSR count). The summed E-state index contributed by atoms with van der Waals surface area (Å²) < 4.78 is 25.1. The van der Waals surface area contributed by atoms with Gasteiger partial charge in [-0.1, -0.05) is 0 Å². The van der Waals surface area contributed by atoms with Crippen molar-refractivity contribution in [2.24, 2.45) is 0 Å². The minimum absolute atomic E-state index is 0.659. The van der Waals surface area contributed by atoms with Crippen LogP contribution in [0.25, 0.3) is 0 Å². The van der Waals surface area contributed by atoms with Crippen molar-refractivity contribution in [1.82, 2.24) is 0 Å². The molecule has 0 saturated carbocycles. The number of carbonyl (C=O) groups excluding carboxylic acids is 4. The summed E-state index contributed by atoms with van der Waals surface area (Å²) in [5.74, 6) is -2.82. The number of hydrogen-bond donors (Lipinski definition) is 0. The number of rotatable bonds is 3. The fourth-order valence-corrected chi connectivity index (χ4v) is 2.23. The van der Waals surface area contributed by atoms with E-state index in [0.717, 1.165) is 20.8 Å². The van der Waals surface area contributed by atoms with Crippen LogP contribution < -0.4 is 0 Å². The van der Waals surface area contributed by atoms with Crippen LogP contribution in [0.15, 0.2) is 0 Å². The minimum atomic E-state index is -1.29. The van der Waals surface area contributed by atoms with E-state index in [1.54, 1.807) is 0 Å². The molecular formula is C12H14O9. The lowest BCUT2D eigenvalue weighted by Crippen LogP contribution is -2.38. The van der Waals surface area contributed by atoms with Gasteiger partial charge in [-0.2, -0.15) is 0 Å². The lowest BCUT2D eigenvalue weighted by atomic mass is 10.1. The van der Waals surface area contributed by atoms with E-state index in [4.69, 9.17) is 23.7 Å². The van der Waals surface area contributed by atoms with Crippen LogP contribution in [0, 0.1) is 0 Å². The average Bonchev–Trinajstić information content (AvgIpc) is 2.78. The van der Waals surface area contributed by atoms with Crippen molar-refractivity contribution >= 4 is 23.9 Å². The molecule has 2 aliphatic rings. The van der Waals surface area contributed by atoms with Gasteiger partial charge in [0.2, 0.25) is 18.5 Å². The van der Waals surface area contributed by atoms with Gasteiger partial charge in [0, 0.05) is 20.8 Å². The normalized spacial score (nSPS) is 33.9. The highest BCUT2D eigenvalue weighted by Gasteiger charge is 2.61. The first kappa shape index (κ1) is 15.2. The van der Waals surface area contributed by atoms with Crippen LogP contribution in [0.1, 0.15) is 20.8 Å². The highest BCUT2D eigenvalue weighted by atomic mass is 16.8. The van der Waals surface area contributed by atoms with Crippen molar-refractivity contribution in [3.8, 4) is 0 Å². The van der Waals surface area contributed by atoms with Crippen molar-refractivity contribution in [2.75, 3.05) is 0 Å². The summed E-state index contributed by atoms with van der Waals surface area (Å²) in [5.41, 5.74) is 0. The molecule has 0 N–H and O–H groups in total. The van der Waals surface area contributed by atoms with Crippen molar-refractivity contribution < 1.29 is 42.9 Å². The summed E-state index contributed by atoms with van der Waals surface area (Å²) in [4.78, 5) is 44.8. The Kier molecular flexibility index (Phi) is 4.12. The van der Waals surface area contributed by atoms with Gasteiger partial charge in [-0.25, -0.2) is 4.79 Å². The predicted octanol–water partition coefficient (Wildman–Crippen LogP) is -0.937. The summed E-state index contributed by atoms with van der Waals surface area (Å²) in [6.07, 6.45) is -5.63. The fraction of sp³-hybridized carbons (Fsp3) is 0.667. The summed E-state index contributed by atoms with van der Waals surface area (Å²) in [7, 11) is 0. The molecule has 21 heavy (non-hydrogen) atoms.